The van der Waals surface area contributed by atoms with E-state index >= 15 is 0 Å². The maximum atomic E-state index is 12.0. The normalized spacial score (nSPS) is 10.8. The molecular formula is C11H9Cl2NO3S. The Bertz CT molecular complexity index is 620. The van der Waals surface area contributed by atoms with Crippen molar-refractivity contribution in [3.05, 3.63) is 28.8 Å². The van der Waals surface area contributed by atoms with Crippen molar-refractivity contribution in [2.75, 3.05) is 13.6 Å². The van der Waals surface area contributed by atoms with Gasteiger partial charge in [-0.1, -0.05) is 23.6 Å². The summed E-state index contributed by atoms with van der Waals surface area (Å²) in [5, 5.41) is 0.00518. The van der Waals surface area contributed by atoms with E-state index in [4.69, 9.17) is 28.7 Å². The van der Waals surface area contributed by atoms with Gasteiger partial charge in [-0.15, -0.1) is 6.42 Å². The van der Waals surface area contributed by atoms with Gasteiger partial charge in [0.1, 0.15) is 0 Å². The van der Waals surface area contributed by atoms with Gasteiger partial charge in [0.25, 0.3) is 15.0 Å². The fraction of sp³-hybridized carbons (Fsp3) is 0.182. The molecule has 96 valence electrons. The number of rotatable bonds is 3. The summed E-state index contributed by atoms with van der Waals surface area (Å²) in [6.45, 7) is 0.0336. The summed E-state index contributed by atoms with van der Waals surface area (Å²) in [7, 11) is 2.64. The molecule has 0 bridgehead atoms. The second kappa shape index (κ2) is 5.61. The molecule has 1 aromatic rings. The minimum atomic E-state index is -4.06. The van der Waals surface area contributed by atoms with Crippen LogP contribution < -0.4 is 0 Å². The van der Waals surface area contributed by atoms with E-state index in [2.05, 4.69) is 5.92 Å². The summed E-state index contributed by atoms with van der Waals surface area (Å²) < 4.78 is 22.8. The first-order valence-corrected chi connectivity index (χ1v) is 7.40. The Balaban J connectivity index is 3.41. The van der Waals surface area contributed by atoms with Gasteiger partial charge < -0.3 is 4.90 Å². The highest BCUT2D eigenvalue weighted by molar-refractivity contribution is 8.13. The Labute approximate surface area is 115 Å². The fourth-order valence-electron chi connectivity index (χ4n) is 1.31. The average molecular weight is 306 g/mol. The topological polar surface area (TPSA) is 54.5 Å². The highest BCUT2D eigenvalue weighted by Gasteiger charge is 2.25. The maximum Gasteiger partial charge on any atom is 0.262 e. The molecule has 7 heteroatoms. The van der Waals surface area contributed by atoms with Crippen LogP contribution in [0, 0.1) is 12.3 Å². The quantitative estimate of drug-likeness (QED) is 0.634. The van der Waals surface area contributed by atoms with Crippen LogP contribution >= 0.6 is 22.3 Å². The molecule has 1 aromatic carbocycles. The van der Waals surface area contributed by atoms with Gasteiger partial charge in [-0.2, -0.15) is 0 Å². The van der Waals surface area contributed by atoms with E-state index in [1.165, 1.54) is 30.1 Å². The lowest BCUT2D eigenvalue weighted by Crippen LogP contribution is -2.28. The van der Waals surface area contributed by atoms with Crippen LogP contribution in [-0.2, 0) is 9.05 Å². The number of halogens is 2. The molecule has 0 aliphatic heterocycles. The summed E-state index contributed by atoms with van der Waals surface area (Å²) in [6.07, 6.45) is 5.09. The molecule has 1 rings (SSSR count). The monoisotopic (exact) mass is 305 g/mol. The van der Waals surface area contributed by atoms with Crippen molar-refractivity contribution in [2.24, 2.45) is 0 Å². The third-order valence-corrected chi connectivity index (χ3v) is 3.81. The Morgan fingerprint density at radius 2 is 2.11 bits per heavy atom. The van der Waals surface area contributed by atoms with Crippen molar-refractivity contribution in [1.29, 1.82) is 0 Å². The van der Waals surface area contributed by atoms with Crippen LogP contribution in [0.25, 0.3) is 0 Å². The molecule has 0 atom stereocenters. The largest absolute Gasteiger partial charge is 0.330 e. The molecular weight excluding hydrogens is 297 g/mol. The van der Waals surface area contributed by atoms with Crippen molar-refractivity contribution in [3.8, 4) is 12.3 Å². The first-order valence-electron chi connectivity index (χ1n) is 4.71. The van der Waals surface area contributed by atoms with Gasteiger partial charge >= 0.3 is 0 Å². The third-order valence-electron chi connectivity index (χ3n) is 2.13. The van der Waals surface area contributed by atoms with Gasteiger partial charge in [0, 0.05) is 17.7 Å². The first kappa shape index (κ1) is 14.8. The minimum Gasteiger partial charge on any atom is -0.330 e. The highest BCUT2D eigenvalue weighted by Crippen LogP contribution is 2.27. The van der Waals surface area contributed by atoms with Crippen LogP contribution in [0.2, 0.25) is 5.02 Å². The van der Waals surface area contributed by atoms with Crippen LogP contribution in [0.1, 0.15) is 10.4 Å². The first-order chi connectivity index (χ1) is 8.29. The van der Waals surface area contributed by atoms with Gasteiger partial charge in [0.2, 0.25) is 0 Å². The van der Waals surface area contributed by atoms with E-state index in [0.29, 0.717) is 0 Å². The predicted octanol–water partition coefficient (Wildman–Crippen LogP) is 1.97. The van der Waals surface area contributed by atoms with E-state index in [1.54, 1.807) is 0 Å². The SMILES string of the molecule is C#CCN(C)C(=O)c1c(Cl)cccc1S(=O)(=O)Cl. The van der Waals surface area contributed by atoms with Crippen molar-refractivity contribution in [1.82, 2.24) is 4.90 Å². The summed E-state index contributed by atoms with van der Waals surface area (Å²) >= 11 is 5.85. The van der Waals surface area contributed by atoms with Crippen LogP contribution in [0.3, 0.4) is 0 Å². The van der Waals surface area contributed by atoms with Gasteiger partial charge in [-0.05, 0) is 12.1 Å². The number of hydrogen-bond acceptors (Lipinski definition) is 3. The summed E-state index contributed by atoms with van der Waals surface area (Å²) in [5.41, 5.74) is -0.174. The zero-order chi connectivity index (χ0) is 13.9. The maximum absolute atomic E-state index is 12.0. The average Bonchev–Trinajstić information content (AvgIpc) is 2.27. The Kier molecular flexibility index (Phi) is 4.63. The lowest BCUT2D eigenvalue weighted by molar-refractivity contribution is 0.0809. The zero-order valence-electron chi connectivity index (χ0n) is 9.35. The second-order valence-electron chi connectivity index (χ2n) is 3.42. The van der Waals surface area contributed by atoms with E-state index in [1.807, 2.05) is 0 Å². The lowest BCUT2D eigenvalue weighted by Gasteiger charge is -2.16. The van der Waals surface area contributed by atoms with Crippen LogP contribution in [0.4, 0.5) is 0 Å². The molecule has 0 saturated carbocycles. The van der Waals surface area contributed by atoms with Crippen molar-refractivity contribution in [2.45, 2.75) is 4.90 Å². The molecule has 1 amide bonds. The minimum absolute atomic E-state index is 0.00518. The predicted molar refractivity (Wildman–Crippen MR) is 70.3 cm³/mol. The Morgan fingerprint density at radius 1 is 1.50 bits per heavy atom. The molecule has 0 radical (unpaired) electrons. The number of carbonyl (C=O) groups excluding carboxylic acids is 1. The van der Waals surface area contributed by atoms with Crippen LogP contribution in [0.15, 0.2) is 23.1 Å². The Hall–Kier alpha value is -1.22. The molecule has 0 aromatic heterocycles. The summed E-state index contributed by atoms with van der Waals surface area (Å²) in [4.78, 5) is 12.9. The molecule has 0 unspecified atom stereocenters. The van der Waals surface area contributed by atoms with E-state index in [9.17, 15) is 13.2 Å². The molecule has 4 nitrogen and oxygen atoms in total. The van der Waals surface area contributed by atoms with E-state index < -0.39 is 15.0 Å². The zero-order valence-corrected chi connectivity index (χ0v) is 11.7. The van der Waals surface area contributed by atoms with Gasteiger partial charge in [-0.25, -0.2) is 8.42 Å². The van der Waals surface area contributed by atoms with Crippen molar-refractivity contribution in [3.63, 3.8) is 0 Å². The molecule has 0 aliphatic rings. The lowest BCUT2D eigenvalue weighted by atomic mass is 10.2. The highest BCUT2D eigenvalue weighted by atomic mass is 35.7. The number of carbonyl (C=O) groups is 1. The van der Waals surface area contributed by atoms with Crippen molar-refractivity contribution < 1.29 is 13.2 Å². The third kappa shape index (κ3) is 3.16. The number of terminal acetylenes is 1. The van der Waals surface area contributed by atoms with Gasteiger partial charge in [0.05, 0.1) is 22.0 Å². The van der Waals surface area contributed by atoms with Gasteiger partial charge in [-0.3, -0.25) is 4.79 Å². The number of amides is 1. The summed E-state index contributed by atoms with van der Waals surface area (Å²) in [5.74, 6) is 1.68. The molecule has 0 heterocycles. The molecule has 0 fully saturated rings. The standard InChI is InChI=1S/C11H9Cl2NO3S/c1-3-7-14(2)11(15)10-8(12)5-4-6-9(10)18(13,16)17/h1,4-6H,7H2,2H3. The van der Waals surface area contributed by atoms with Crippen LogP contribution in [-0.4, -0.2) is 32.8 Å². The van der Waals surface area contributed by atoms with Crippen LogP contribution in [0.5, 0.6) is 0 Å². The molecule has 18 heavy (non-hydrogen) atoms. The molecule has 0 saturated heterocycles. The smallest absolute Gasteiger partial charge is 0.262 e. The molecule has 0 spiro atoms. The van der Waals surface area contributed by atoms with Crippen molar-refractivity contribution >= 4 is 37.2 Å². The second-order valence-corrected chi connectivity index (χ2v) is 6.36. The molecule has 0 N–H and O–H groups in total. The van der Waals surface area contributed by atoms with E-state index in [0.717, 1.165) is 0 Å². The van der Waals surface area contributed by atoms with Gasteiger partial charge in [0.15, 0.2) is 0 Å². The van der Waals surface area contributed by atoms with E-state index in [-0.39, 0.29) is 22.0 Å². The number of benzene rings is 1. The fourth-order valence-corrected chi connectivity index (χ4v) is 2.69. The summed E-state index contributed by atoms with van der Waals surface area (Å²) in [6, 6.07) is 4.02. The number of hydrogen-bond donors (Lipinski definition) is 0. The number of nitrogens with zero attached hydrogens (tertiary/aromatic N) is 1. The Morgan fingerprint density at radius 3 is 2.61 bits per heavy atom. The molecule has 0 aliphatic carbocycles.